The van der Waals surface area contributed by atoms with Crippen LogP contribution in [0.25, 0.3) is 0 Å². The lowest BCUT2D eigenvalue weighted by Gasteiger charge is -2.39. The Bertz CT molecular complexity index is 961. The van der Waals surface area contributed by atoms with Crippen LogP contribution >= 0.6 is 11.6 Å². The zero-order valence-corrected chi connectivity index (χ0v) is 21.7. The summed E-state index contributed by atoms with van der Waals surface area (Å²) in [7, 11) is 0. The fraction of sp³-hybridized carbons (Fsp3) is 0.630. The van der Waals surface area contributed by atoms with Crippen molar-refractivity contribution in [3.63, 3.8) is 0 Å². The molecule has 0 radical (unpaired) electrons. The van der Waals surface area contributed by atoms with Gasteiger partial charge >= 0.3 is 0 Å². The molecule has 1 aromatic carbocycles. The maximum atomic E-state index is 13.5. The van der Waals surface area contributed by atoms with Crippen molar-refractivity contribution in [3.05, 3.63) is 52.8 Å². The Balaban J connectivity index is 1.54. The number of rotatable bonds is 3. The fourth-order valence-electron chi connectivity index (χ4n) is 5.35. The van der Waals surface area contributed by atoms with Gasteiger partial charge in [-0.25, -0.2) is 0 Å². The van der Waals surface area contributed by atoms with Gasteiger partial charge in [0.1, 0.15) is 0 Å². The topological polar surface area (TPSA) is 50.2 Å². The van der Waals surface area contributed by atoms with Gasteiger partial charge in [-0.3, -0.25) is 14.8 Å². The predicted molar refractivity (Wildman–Crippen MR) is 134 cm³/mol. The summed E-state index contributed by atoms with van der Waals surface area (Å²) in [6.07, 6.45) is 4.98. The summed E-state index contributed by atoms with van der Waals surface area (Å²) < 4.78 is 2.02. The minimum atomic E-state index is -0.193. The third-order valence-electron chi connectivity index (χ3n) is 7.51. The van der Waals surface area contributed by atoms with Crippen LogP contribution in [0.3, 0.4) is 0 Å². The summed E-state index contributed by atoms with van der Waals surface area (Å²) in [4.78, 5) is 15.6. The summed E-state index contributed by atoms with van der Waals surface area (Å²) in [5.74, 6) is 1.05. The third-order valence-corrected chi connectivity index (χ3v) is 7.76. The SMILES string of the molecule is CC(C)(C)C1CCN(C(=O)[C@@H]2CC(c3ccn(C(C)(C)C)n3)[C@H](c3ccc(Cl)cc3)N2)CC1. The second-order valence-corrected chi connectivity index (χ2v) is 12.3. The molecule has 2 aliphatic rings. The maximum absolute atomic E-state index is 13.5. The van der Waals surface area contributed by atoms with Crippen LogP contribution in [-0.2, 0) is 10.3 Å². The van der Waals surface area contributed by atoms with Crippen LogP contribution in [0, 0.1) is 11.3 Å². The van der Waals surface area contributed by atoms with Crippen LogP contribution in [0.2, 0.25) is 5.02 Å². The maximum Gasteiger partial charge on any atom is 0.239 e. The highest BCUT2D eigenvalue weighted by Gasteiger charge is 2.42. The second kappa shape index (κ2) is 9.07. The van der Waals surface area contributed by atoms with Gasteiger partial charge < -0.3 is 4.90 Å². The number of piperidine rings is 1. The largest absolute Gasteiger partial charge is 0.341 e. The number of carbonyl (C=O) groups excluding carboxylic acids is 1. The number of hydrogen-bond acceptors (Lipinski definition) is 3. The van der Waals surface area contributed by atoms with E-state index in [0.717, 1.165) is 48.6 Å². The molecule has 0 aliphatic carbocycles. The molecule has 0 saturated carbocycles. The molecule has 3 heterocycles. The minimum absolute atomic E-state index is 0.0339. The third kappa shape index (κ3) is 5.30. The summed E-state index contributed by atoms with van der Waals surface area (Å²) in [5, 5.41) is 9.33. The van der Waals surface area contributed by atoms with Gasteiger partial charge in [-0.05, 0) is 75.1 Å². The number of likely N-dealkylation sites (tertiary alicyclic amines) is 1. The van der Waals surface area contributed by atoms with Crippen LogP contribution in [0.1, 0.15) is 84.0 Å². The molecule has 180 valence electrons. The first-order valence-electron chi connectivity index (χ1n) is 12.3. The van der Waals surface area contributed by atoms with Gasteiger partial charge in [-0.15, -0.1) is 0 Å². The molecule has 4 rings (SSSR count). The van der Waals surface area contributed by atoms with Crippen molar-refractivity contribution in [2.24, 2.45) is 11.3 Å². The molecule has 1 aromatic heterocycles. The summed E-state index contributed by atoms with van der Waals surface area (Å²) in [6, 6.07) is 9.94. The lowest BCUT2D eigenvalue weighted by Crippen LogP contribution is -2.48. The highest BCUT2D eigenvalue weighted by molar-refractivity contribution is 6.30. The molecule has 2 aromatic rings. The van der Waals surface area contributed by atoms with Crippen LogP contribution in [0.5, 0.6) is 0 Å². The van der Waals surface area contributed by atoms with E-state index < -0.39 is 0 Å². The zero-order chi connectivity index (χ0) is 24.0. The lowest BCUT2D eigenvalue weighted by atomic mass is 9.75. The average molecular weight is 471 g/mol. The van der Waals surface area contributed by atoms with Crippen molar-refractivity contribution < 1.29 is 4.79 Å². The minimum Gasteiger partial charge on any atom is -0.341 e. The normalized spacial score (nSPS) is 24.9. The van der Waals surface area contributed by atoms with Crippen molar-refractivity contribution in [2.45, 2.75) is 84.3 Å². The molecule has 0 spiro atoms. The molecule has 2 fully saturated rings. The van der Waals surface area contributed by atoms with Crippen LogP contribution in [0.4, 0.5) is 0 Å². The Morgan fingerprint density at radius 2 is 1.67 bits per heavy atom. The first-order chi connectivity index (χ1) is 15.4. The van der Waals surface area contributed by atoms with Gasteiger partial charge in [-0.2, -0.15) is 5.10 Å². The molecule has 1 unspecified atom stereocenters. The number of nitrogens with one attached hydrogen (secondary N) is 1. The van der Waals surface area contributed by atoms with E-state index in [-0.39, 0.29) is 29.4 Å². The quantitative estimate of drug-likeness (QED) is 0.620. The molecule has 1 amide bonds. The van der Waals surface area contributed by atoms with Gasteiger partial charge in [0.15, 0.2) is 0 Å². The number of benzene rings is 1. The fourth-order valence-corrected chi connectivity index (χ4v) is 5.47. The first-order valence-corrected chi connectivity index (χ1v) is 12.7. The summed E-state index contributed by atoms with van der Waals surface area (Å²) in [5.41, 5.74) is 2.42. The van der Waals surface area contributed by atoms with Gasteiger partial charge in [0.2, 0.25) is 5.91 Å². The Labute approximate surface area is 203 Å². The predicted octanol–water partition coefficient (Wildman–Crippen LogP) is 5.76. The van der Waals surface area contributed by atoms with E-state index in [0.29, 0.717) is 11.3 Å². The smallest absolute Gasteiger partial charge is 0.239 e. The van der Waals surface area contributed by atoms with Crippen molar-refractivity contribution in [2.75, 3.05) is 13.1 Å². The first kappa shape index (κ1) is 24.3. The van der Waals surface area contributed by atoms with E-state index in [4.69, 9.17) is 16.7 Å². The van der Waals surface area contributed by atoms with E-state index in [2.05, 4.69) is 76.2 Å². The van der Waals surface area contributed by atoms with E-state index in [1.54, 1.807) is 0 Å². The molecule has 2 saturated heterocycles. The van der Waals surface area contributed by atoms with Gasteiger partial charge in [0.05, 0.1) is 17.3 Å². The highest BCUT2D eigenvalue weighted by Crippen LogP contribution is 2.41. The number of amides is 1. The Morgan fingerprint density at radius 1 is 1.03 bits per heavy atom. The molecule has 5 nitrogen and oxygen atoms in total. The van der Waals surface area contributed by atoms with E-state index in [1.165, 1.54) is 0 Å². The zero-order valence-electron chi connectivity index (χ0n) is 20.9. The van der Waals surface area contributed by atoms with Crippen molar-refractivity contribution in [1.82, 2.24) is 20.0 Å². The second-order valence-electron chi connectivity index (χ2n) is 11.9. The van der Waals surface area contributed by atoms with Gasteiger partial charge in [0.25, 0.3) is 0 Å². The van der Waals surface area contributed by atoms with Crippen LogP contribution in [0.15, 0.2) is 36.5 Å². The monoisotopic (exact) mass is 470 g/mol. The number of halogens is 1. The molecular weight excluding hydrogens is 432 g/mol. The summed E-state index contributed by atoms with van der Waals surface area (Å²) in [6.45, 7) is 15.1. The summed E-state index contributed by atoms with van der Waals surface area (Å²) >= 11 is 6.15. The number of nitrogens with zero attached hydrogens (tertiary/aromatic N) is 3. The number of aromatic nitrogens is 2. The van der Waals surface area contributed by atoms with Crippen LogP contribution < -0.4 is 5.32 Å². The molecule has 33 heavy (non-hydrogen) atoms. The Kier molecular flexibility index (Phi) is 6.67. The van der Waals surface area contributed by atoms with Crippen LogP contribution in [-0.4, -0.2) is 39.7 Å². The molecule has 6 heteroatoms. The average Bonchev–Trinajstić information content (AvgIpc) is 3.40. The molecule has 3 atom stereocenters. The van der Waals surface area contributed by atoms with E-state index >= 15 is 0 Å². The van der Waals surface area contributed by atoms with Crippen molar-refractivity contribution >= 4 is 17.5 Å². The lowest BCUT2D eigenvalue weighted by molar-refractivity contribution is -0.135. The van der Waals surface area contributed by atoms with E-state index in [1.807, 2.05) is 16.8 Å². The highest BCUT2D eigenvalue weighted by atomic mass is 35.5. The van der Waals surface area contributed by atoms with Crippen molar-refractivity contribution in [3.8, 4) is 0 Å². The van der Waals surface area contributed by atoms with Gasteiger partial charge in [0, 0.05) is 36.3 Å². The molecule has 1 N–H and O–H groups in total. The Hall–Kier alpha value is -1.85. The number of carbonyl (C=O) groups is 1. The molecular formula is C27H39ClN4O. The molecule has 2 aliphatic heterocycles. The van der Waals surface area contributed by atoms with Crippen molar-refractivity contribution in [1.29, 1.82) is 0 Å². The van der Waals surface area contributed by atoms with Gasteiger partial charge in [-0.1, -0.05) is 44.5 Å². The number of hydrogen-bond donors (Lipinski definition) is 1. The van der Waals surface area contributed by atoms with E-state index in [9.17, 15) is 4.79 Å². The Morgan fingerprint density at radius 3 is 2.21 bits per heavy atom. The molecule has 0 bridgehead atoms. The standard InChI is InChI=1S/C27H39ClN4O/c1-26(2,3)19-11-14-31(15-12-19)25(33)23-17-21(22-13-16-32(30-22)27(4,5)6)24(29-23)18-7-9-20(28)10-8-18/h7-10,13,16,19,21,23-24,29H,11-12,14-15,17H2,1-6H3/t21?,23-,24-/m0/s1.